The van der Waals surface area contributed by atoms with Crippen LogP contribution in [0.4, 0.5) is 4.79 Å². The number of carbonyl (C=O) groups excluding carboxylic acids is 1. The molecule has 0 spiro atoms. The molecule has 1 amide bonds. The molecule has 0 aromatic heterocycles. The summed E-state index contributed by atoms with van der Waals surface area (Å²) in [5.74, 6) is -0.832. The largest absolute Gasteiger partial charge is 0.481 e. The summed E-state index contributed by atoms with van der Waals surface area (Å²) in [5.41, 5.74) is 0.523. The molecule has 6 nitrogen and oxygen atoms in total. The molecule has 28 heavy (non-hydrogen) atoms. The molecule has 0 bridgehead atoms. The minimum absolute atomic E-state index is 0.0591. The van der Waals surface area contributed by atoms with Gasteiger partial charge in [0.15, 0.2) is 0 Å². The fourth-order valence-corrected chi connectivity index (χ4v) is 3.64. The number of amides is 1. The molecule has 1 aromatic rings. The van der Waals surface area contributed by atoms with Crippen molar-refractivity contribution in [2.75, 3.05) is 13.1 Å². The van der Waals surface area contributed by atoms with Gasteiger partial charge in [-0.1, -0.05) is 24.3 Å². The summed E-state index contributed by atoms with van der Waals surface area (Å²) in [7, 11) is 0. The Morgan fingerprint density at radius 2 is 1.54 bits per heavy atom. The first-order chi connectivity index (χ1) is 12.8. The first-order valence-electron chi connectivity index (χ1n) is 9.87. The Morgan fingerprint density at radius 1 is 1.04 bits per heavy atom. The van der Waals surface area contributed by atoms with Crippen molar-refractivity contribution < 1.29 is 19.4 Å². The molecule has 2 atom stereocenters. The molecule has 1 aliphatic rings. The number of rotatable bonds is 4. The zero-order valence-electron chi connectivity index (χ0n) is 18.2. The average Bonchev–Trinajstić information content (AvgIpc) is 2.52. The Balaban J connectivity index is 2.02. The van der Waals surface area contributed by atoms with E-state index in [1.165, 1.54) is 0 Å². The second-order valence-corrected chi connectivity index (χ2v) is 9.41. The molecule has 0 aliphatic carbocycles. The first kappa shape index (κ1) is 22.2. The lowest BCUT2D eigenvalue weighted by atomic mass is 9.84. The molecule has 6 heteroatoms. The molecule has 1 N–H and O–H groups in total. The minimum atomic E-state index is -0.902. The Morgan fingerprint density at radius 3 is 1.96 bits per heavy atom. The van der Waals surface area contributed by atoms with Gasteiger partial charge in [-0.25, -0.2) is 4.79 Å². The van der Waals surface area contributed by atoms with Gasteiger partial charge in [-0.3, -0.25) is 9.69 Å². The summed E-state index contributed by atoms with van der Waals surface area (Å²) >= 11 is 0. The summed E-state index contributed by atoms with van der Waals surface area (Å²) in [6.07, 6.45) is -0.257. The highest BCUT2D eigenvalue weighted by Crippen LogP contribution is 2.25. The lowest BCUT2D eigenvalue weighted by molar-refractivity contribution is -0.142. The van der Waals surface area contributed by atoms with Gasteiger partial charge < -0.3 is 14.7 Å². The van der Waals surface area contributed by atoms with E-state index in [1.807, 2.05) is 63.8 Å². The first-order valence-corrected chi connectivity index (χ1v) is 9.87. The lowest BCUT2D eigenvalue weighted by Crippen LogP contribution is -2.59. The van der Waals surface area contributed by atoms with Gasteiger partial charge in [-0.2, -0.15) is 0 Å². The van der Waals surface area contributed by atoms with Crippen LogP contribution in [-0.2, 0) is 21.5 Å². The quantitative estimate of drug-likeness (QED) is 0.845. The van der Waals surface area contributed by atoms with Crippen molar-refractivity contribution in [3.05, 3.63) is 35.4 Å². The van der Waals surface area contributed by atoms with Gasteiger partial charge in [0.2, 0.25) is 0 Å². The second kappa shape index (κ2) is 8.11. The zero-order valence-corrected chi connectivity index (χ0v) is 18.2. The molecular formula is C22H34N2O4. The van der Waals surface area contributed by atoms with Gasteiger partial charge in [0.25, 0.3) is 0 Å². The van der Waals surface area contributed by atoms with Crippen LogP contribution in [0.15, 0.2) is 24.3 Å². The van der Waals surface area contributed by atoms with Crippen molar-refractivity contribution in [3.8, 4) is 0 Å². The van der Waals surface area contributed by atoms with Crippen LogP contribution >= 0.6 is 0 Å². The summed E-state index contributed by atoms with van der Waals surface area (Å²) < 4.78 is 5.56. The van der Waals surface area contributed by atoms with Crippen molar-refractivity contribution in [1.29, 1.82) is 0 Å². The van der Waals surface area contributed by atoms with Crippen LogP contribution in [0.25, 0.3) is 0 Å². The number of hydrogen-bond donors (Lipinski definition) is 1. The van der Waals surface area contributed by atoms with Gasteiger partial charge in [0, 0.05) is 31.7 Å². The molecule has 1 aliphatic heterocycles. The van der Waals surface area contributed by atoms with Gasteiger partial charge in [0.05, 0.1) is 5.41 Å². The van der Waals surface area contributed by atoms with Gasteiger partial charge >= 0.3 is 12.1 Å². The Labute approximate surface area is 168 Å². The number of benzene rings is 1. The van der Waals surface area contributed by atoms with E-state index in [0.29, 0.717) is 0 Å². The van der Waals surface area contributed by atoms with Gasteiger partial charge in [-0.05, 0) is 59.6 Å². The standard InChI is InChI=1S/C22H34N2O4/c1-15-12-23(13-16(2)24(15)20(27)28-21(3,4)5)14-17-8-10-18(11-9-17)22(6,7)19(25)26/h8-11,15-16H,12-14H2,1-7H3,(H,25,26). The van der Waals surface area contributed by atoms with E-state index in [9.17, 15) is 14.7 Å². The van der Waals surface area contributed by atoms with Crippen molar-refractivity contribution >= 4 is 12.1 Å². The van der Waals surface area contributed by atoms with E-state index in [-0.39, 0.29) is 18.2 Å². The average molecular weight is 391 g/mol. The molecule has 0 saturated carbocycles. The smallest absolute Gasteiger partial charge is 0.410 e. The third-order valence-corrected chi connectivity index (χ3v) is 5.22. The molecule has 0 radical (unpaired) electrons. The molecule has 2 rings (SSSR count). The lowest BCUT2D eigenvalue weighted by Gasteiger charge is -2.44. The van der Waals surface area contributed by atoms with E-state index >= 15 is 0 Å². The monoisotopic (exact) mass is 390 g/mol. The number of carboxylic acids is 1. The van der Waals surface area contributed by atoms with E-state index in [4.69, 9.17) is 4.74 Å². The highest BCUT2D eigenvalue weighted by molar-refractivity contribution is 5.80. The fraction of sp³-hybridized carbons (Fsp3) is 0.636. The van der Waals surface area contributed by atoms with E-state index in [1.54, 1.807) is 13.8 Å². The zero-order chi connectivity index (χ0) is 21.3. The van der Waals surface area contributed by atoms with Crippen LogP contribution in [0.2, 0.25) is 0 Å². The van der Waals surface area contributed by atoms with Crippen LogP contribution in [0, 0.1) is 0 Å². The third-order valence-electron chi connectivity index (χ3n) is 5.22. The van der Waals surface area contributed by atoms with E-state index < -0.39 is 17.0 Å². The van der Waals surface area contributed by atoms with Gasteiger partial charge in [0.1, 0.15) is 5.60 Å². The number of hydrogen-bond acceptors (Lipinski definition) is 4. The van der Waals surface area contributed by atoms with E-state index in [0.717, 1.165) is 30.8 Å². The maximum atomic E-state index is 12.5. The van der Waals surface area contributed by atoms with Crippen molar-refractivity contribution in [3.63, 3.8) is 0 Å². The van der Waals surface area contributed by atoms with Crippen molar-refractivity contribution in [2.24, 2.45) is 0 Å². The topological polar surface area (TPSA) is 70.1 Å². The van der Waals surface area contributed by atoms with Crippen LogP contribution in [0.5, 0.6) is 0 Å². The maximum absolute atomic E-state index is 12.5. The Kier molecular flexibility index (Phi) is 6.44. The molecule has 1 aromatic carbocycles. The number of carboxylic acid groups (broad SMARTS) is 1. The van der Waals surface area contributed by atoms with Crippen molar-refractivity contribution in [1.82, 2.24) is 9.80 Å². The summed E-state index contributed by atoms with van der Waals surface area (Å²) in [6.45, 7) is 15.5. The highest BCUT2D eigenvalue weighted by Gasteiger charge is 2.35. The Bertz CT molecular complexity index is 694. The molecule has 2 unspecified atom stereocenters. The van der Waals surface area contributed by atoms with E-state index in [2.05, 4.69) is 4.90 Å². The van der Waals surface area contributed by atoms with Crippen molar-refractivity contribution in [2.45, 2.75) is 78.1 Å². The minimum Gasteiger partial charge on any atom is -0.481 e. The number of aliphatic carboxylic acids is 1. The summed E-state index contributed by atoms with van der Waals surface area (Å²) in [6, 6.07) is 7.90. The van der Waals surface area contributed by atoms with Crippen LogP contribution in [0.1, 0.15) is 59.6 Å². The fourth-order valence-electron chi connectivity index (χ4n) is 3.64. The number of carbonyl (C=O) groups is 2. The van der Waals surface area contributed by atoms with Gasteiger partial charge in [-0.15, -0.1) is 0 Å². The Hall–Kier alpha value is -2.08. The molecule has 156 valence electrons. The predicted octanol–water partition coefficient (Wildman–Crippen LogP) is 3.88. The molecule has 1 fully saturated rings. The number of ether oxygens (including phenoxy) is 1. The van der Waals surface area contributed by atoms with Crippen LogP contribution < -0.4 is 0 Å². The second-order valence-electron chi connectivity index (χ2n) is 9.41. The molecule has 1 saturated heterocycles. The predicted molar refractivity (Wildman–Crippen MR) is 109 cm³/mol. The number of piperazine rings is 1. The SMILES string of the molecule is CC1CN(Cc2ccc(C(C)(C)C(=O)O)cc2)CC(C)N1C(=O)OC(C)(C)C. The number of nitrogens with zero attached hydrogens (tertiary/aromatic N) is 2. The molecule has 1 heterocycles. The third kappa shape index (κ3) is 5.25. The summed E-state index contributed by atoms with van der Waals surface area (Å²) in [5, 5.41) is 9.37. The molecular weight excluding hydrogens is 356 g/mol. The summed E-state index contributed by atoms with van der Waals surface area (Å²) in [4.78, 5) is 28.1. The normalized spacial score (nSPS) is 21.5. The highest BCUT2D eigenvalue weighted by atomic mass is 16.6. The maximum Gasteiger partial charge on any atom is 0.410 e. The van der Waals surface area contributed by atoms with Crippen LogP contribution in [-0.4, -0.2) is 57.7 Å². The van der Waals surface area contributed by atoms with Crippen LogP contribution in [0.3, 0.4) is 0 Å².